The second-order valence-corrected chi connectivity index (χ2v) is 10.5. The molecule has 2 aliphatic carbocycles. The number of aliphatic hydroxyl groups excluding tert-OH is 1. The monoisotopic (exact) mass is 466 g/mol. The fraction of sp³-hybridized carbons (Fsp3) is 0.792. The molecule has 3 fully saturated rings. The molecular weight excluding hydrogens is 432 g/mol. The number of epoxide rings is 1. The molecule has 0 aromatic heterocycles. The summed E-state index contributed by atoms with van der Waals surface area (Å²) in [6.07, 6.45) is -1.46. The summed E-state index contributed by atoms with van der Waals surface area (Å²) in [4.78, 5) is 36.4. The fourth-order valence-corrected chi connectivity index (χ4v) is 6.26. The van der Waals surface area contributed by atoms with Crippen LogP contribution in [0.1, 0.15) is 54.4 Å². The highest BCUT2D eigenvalue weighted by Gasteiger charge is 2.86. The lowest BCUT2D eigenvalue weighted by molar-refractivity contribution is -0.241. The van der Waals surface area contributed by atoms with Gasteiger partial charge < -0.3 is 28.8 Å². The third-order valence-corrected chi connectivity index (χ3v) is 8.00. The van der Waals surface area contributed by atoms with Crippen molar-refractivity contribution in [2.24, 2.45) is 16.7 Å². The number of hydrogen-bond donors (Lipinski definition) is 1. The van der Waals surface area contributed by atoms with Crippen molar-refractivity contribution >= 4 is 17.9 Å². The molecule has 0 unspecified atom stereocenters. The van der Waals surface area contributed by atoms with Crippen LogP contribution in [-0.2, 0) is 38.1 Å². The van der Waals surface area contributed by atoms with E-state index in [1.165, 1.54) is 13.8 Å². The molecule has 9 heteroatoms. The van der Waals surface area contributed by atoms with E-state index in [9.17, 15) is 19.5 Å². The Balaban J connectivity index is 1.79. The van der Waals surface area contributed by atoms with E-state index in [1.54, 1.807) is 0 Å². The molecule has 0 aromatic carbocycles. The van der Waals surface area contributed by atoms with Crippen LogP contribution in [-0.4, -0.2) is 72.3 Å². The lowest BCUT2D eigenvalue weighted by atomic mass is 9.51. The summed E-state index contributed by atoms with van der Waals surface area (Å²) in [7, 11) is 0. The number of carbonyl (C=O) groups excluding carboxylic acids is 3. The van der Waals surface area contributed by atoms with E-state index in [4.69, 9.17) is 23.7 Å². The molecule has 33 heavy (non-hydrogen) atoms. The Morgan fingerprint density at radius 3 is 2.42 bits per heavy atom. The third-order valence-electron chi connectivity index (χ3n) is 8.00. The molecule has 2 bridgehead atoms. The molecule has 4 aliphatic rings. The molecule has 0 amide bonds. The Labute approximate surface area is 193 Å². The Morgan fingerprint density at radius 2 is 1.88 bits per heavy atom. The van der Waals surface area contributed by atoms with Crippen LogP contribution < -0.4 is 0 Å². The van der Waals surface area contributed by atoms with E-state index in [0.717, 1.165) is 5.57 Å². The topological polar surface area (TPSA) is 121 Å². The van der Waals surface area contributed by atoms with Crippen LogP contribution in [0.25, 0.3) is 0 Å². The van der Waals surface area contributed by atoms with Crippen molar-refractivity contribution in [2.75, 3.05) is 13.2 Å². The number of ether oxygens (including phenoxy) is 5. The zero-order chi connectivity index (χ0) is 24.3. The molecule has 1 spiro atoms. The van der Waals surface area contributed by atoms with Crippen molar-refractivity contribution < 1.29 is 43.2 Å². The minimum atomic E-state index is -1.11. The number of carbonyl (C=O) groups is 3. The molecule has 2 saturated heterocycles. The van der Waals surface area contributed by atoms with Crippen molar-refractivity contribution in [1.82, 2.24) is 0 Å². The number of aliphatic hydroxyl groups is 1. The maximum Gasteiger partial charge on any atom is 0.306 e. The van der Waals surface area contributed by atoms with E-state index in [2.05, 4.69) is 0 Å². The van der Waals surface area contributed by atoms with Crippen molar-refractivity contribution in [3.05, 3.63) is 11.6 Å². The van der Waals surface area contributed by atoms with Crippen LogP contribution in [0.3, 0.4) is 0 Å². The molecular formula is C24H34O9. The van der Waals surface area contributed by atoms with E-state index in [0.29, 0.717) is 6.61 Å². The van der Waals surface area contributed by atoms with Gasteiger partial charge in [-0.2, -0.15) is 0 Å². The number of rotatable bonds is 6. The average molecular weight is 467 g/mol. The Morgan fingerprint density at radius 1 is 1.21 bits per heavy atom. The van der Waals surface area contributed by atoms with E-state index in [-0.39, 0.29) is 31.3 Å². The summed E-state index contributed by atoms with van der Waals surface area (Å²) in [6.45, 7) is 10.5. The van der Waals surface area contributed by atoms with Crippen molar-refractivity contribution in [3.63, 3.8) is 0 Å². The molecule has 2 heterocycles. The first-order valence-corrected chi connectivity index (χ1v) is 11.5. The average Bonchev–Trinajstić information content (AvgIpc) is 3.48. The summed E-state index contributed by atoms with van der Waals surface area (Å²) in [5, 5.41) is 11.2. The van der Waals surface area contributed by atoms with Gasteiger partial charge in [-0.3, -0.25) is 14.4 Å². The van der Waals surface area contributed by atoms with Crippen LogP contribution in [0.2, 0.25) is 0 Å². The van der Waals surface area contributed by atoms with Crippen molar-refractivity contribution in [2.45, 2.75) is 90.5 Å². The van der Waals surface area contributed by atoms with Crippen LogP contribution in [0.5, 0.6) is 0 Å². The molecule has 1 saturated carbocycles. The summed E-state index contributed by atoms with van der Waals surface area (Å²) in [5.41, 5.74) is -2.00. The molecule has 1 N–H and O–H groups in total. The molecule has 4 rings (SSSR count). The Hall–Kier alpha value is -1.97. The first kappa shape index (κ1) is 24.2. The van der Waals surface area contributed by atoms with E-state index in [1.807, 2.05) is 33.8 Å². The highest BCUT2D eigenvalue weighted by molar-refractivity contribution is 5.70. The normalized spacial score (nSPS) is 43.0. The fourth-order valence-electron chi connectivity index (χ4n) is 6.26. The largest absolute Gasteiger partial charge is 0.465 e. The zero-order valence-corrected chi connectivity index (χ0v) is 20.1. The molecule has 8 atom stereocenters. The first-order chi connectivity index (χ1) is 15.4. The summed E-state index contributed by atoms with van der Waals surface area (Å²) in [5.74, 6) is -1.18. The first-order valence-electron chi connectivity index (χ1n) is 11.5. The van der Waals surface area contributed by atoms with E-state index >= 15 is 0 Å². The minimum Gasteiger partial charge on any atom is -0.465 e. The molecule has 0 radical (unpaired) electrons. The third kappa shape index (κ3) is 3.51. The predicted octanol–water partition coefficient (Wildman–Crippen LogP) is 1.69. The lowest BCUT2D eigenvalue weighted by Gasteiger charge is -2.58. The summed E-state index contributed by atoms with van der Waals surface area (Å²) < 4.78 is 29.4. The van der Waals surface area contributed by atoms with Gasteiger partial charge >= 0.3 is 17.9 Å². The SMILES string of the molecule is CC(=O)OC[C@]12C[C@H](OC(=O)CC(C)C)C(C)=C[C@H]1O[C@H]1[C@H](O)[C@H](OC(C)=O)[C@@]2(C)[C@]12CO2. The van der Waals surface area contributed by atoms with Gasteiger partial charge in [0.1, 0.15) is 36.6 Å². The summed E-state index contributed by atoms with van der Waals surface area (Å²) >= 11 is 0. The Kier molecular flexibility index (Phi) is 5.90. The zero-order valence-electron chi connectivity index (χ0n) is 20.1. The van der Waals surface area contributed by atoms with Crippen LogP contribution in [0.4, 0.5) is 0 Å². The lowest BCUT2D eigenvalue weighted by Crippen LogP contribution is -2.68. The smallest absolute Gasteiger partial charge is 0.306 e. The van der Waals surface area contributed by atoms with Gasteiger partial charge in [-0.1, -0.05) is 26.8 Å². The second-order valence-electron chi connectivity index (χ2n) is 10.5. The number of fused-ring (bicyclic) bond motifs is 2. The van der Waals surface area contributed by atoms with Gasteiger partial charge in [-0.05, 0) is 18.4 Å². The van der Waals surface area contributed by atoms with Gasteiger partial charge in [0.2, 0.25) is 0 Å². The van der Waals surface area contributed by atoms with Crippen LogP contribution in [0, 0.1) is 16.7 Å². The summed E-state index contributed by atoms with van der Waals surface area (Å²) in [6, 6.07) is 0. The van der Waals surface area contributed by atoms with Gasteiger partial charge in [-0.15, -0.1) is 0 Å². The van der Waals surface area contributed by atoms with Crippen molar-refractivity contribution in [1.29, 1.82) is 0 Å². The highest BCUT2D eigenvalue weighted by Crippen LogP contribution is 2.72. The van der Waals surface area contributed by atoms with Gasteiger partial charge in [-0.25, -0.2) is 0 Å². The number of esters is 3. The Bertz CT molecular complexity index is 875. The number of hydrogen-bond acceptors (Lipinski definition) is 9. The molecule has 9 nitrogen and oxygen atoms in total. The van der Waals surface area contributed by atoms with Crippen LogP contribution >= 0.6 is 0 Å². The maximum atomic E-state index is 12.5. The standard InChI is InChI=1S/C24H34O9/c1-12(2)7-18(27)32-16-9-23(10-29-14(4)25)17(8-13(16)3)33-21-19(28)20(31-15(5)26)22(23,6)24(21)11-30-24/h8,12,16-17,19-21,28H,7,9-11H2,1-6H3/t16-,17+,19+,20-,21-,22+,23+,24-/m0/s1. The van der Waals surface area contributed by atoms with Crippen molar-refractivity contribution in [3.8, 4) is 0 Å². The van der Waals surface area contributed by atoms with Gasteiger partial charge in [0.25, 0.3) is 0 Å². The molecule has 0 aromatic rings. The minimum absolute atomic E-state index is 0.0617. The van der Waals surface area contributed by atoms with Gasteiger partial charge in [0.15, 0.2) is 0 Å². The van der Waals surface area contributed by atoms with Gasteiger partial charge in [0, 0.05) is 26.7 Å². The second kappa shape index (κ2) is 8.06. The molecule has 184 valence electrons. The highest BCUT2D eigenvalue weighted by atomic mass is 16.7. The maximum absolute atomic E-state index is 12.5. The van der Waals surface area contributed by atoms with Gasteiger partial charge in [0.05, 0.1) is 23.5 Å². The predicted molar refractivity (Wildman–Crippen MR) is 114 cm³/mol. The van der Waals surface area contributed by atoms with E-state index < -0.39 is 58.9 Å². The molecule has 2 aliphatic heterocycles. The quantitative estimate of drug-likeness (QED) is 0.270. The van der Waals surface area contributed by atoms with Crippen LogP contribution in [0.15, 0.2) is 11.6 Å².